The van der Waals surface area contributed by atoms with Crippen molar-refractivity contribution in [1.82, 2.24) is 0 Å². The second-order valence-corrected chi connectivity index (χ2v) is 4.35. The minimum absolute atomic E-state index is 0.221. The average Bonchev–Trinajstić information content (AvgIpc) is 2.42. The van der Waals surface area contributed by atoms with Crippen molar-refractivity contribution in [2.75, 3.05) is 7.11 Å². The van der Waals surface area contributed by atoms with Gasteiger partial charge in [-0.25, -0.2) is 0 Å². The number of nitrogens with two attached hydrogens (primary N) is 1. The summed E-state index contributed by atoms with van der Waals surface area (Å²) in [6.45, 7) is 0. The summed E-state index contributed by atoms with van der Waals surface area (Å²) in [6, 6.07) is 9.69. The van der Waals surface area contributed by atoms with Crippen LogP contribution >= 0.6 is 0 Å². The van der Waals surface area contributed by atoms with Crippen molar-refractivity contribution < 1.29 is 9.53 Å². The largest absolute Gasteiger partial charge is 0.468 e. The van der Waals surface area contributed by atoms with Crippen LogP contribution in [0.2, 0.25) is 0 Å². The first-order valence-electron chi connectivity index (χ1n) is 6.00. The van der Waals surface area contributed by atoms with Crippen LogP contribution in [-0.4, -0.2) is 13.1 Å². The van der Waals surface area contributed by atoms with Gasteiger partial charge in [-0.3, -0.25) is 4.79 Å². The molecular weight excluding hydrogens is 226 g/mol. The first-order chi connectivity index (χ1) is 8.72. The van der Waals surface area contributed by atoms with Gasteiger partial charge >= 0.3 is 5.97 Å². The predicted molar refractivity (Wildman–Crippen MR) is 70.8 cm³/mol. The number of hydrogen-bond donors (Lipinski definition) is 1. The van der Waals surface area contributed by atoms with Crippen LogP contribution in [0.1, 0.15) is 24.3 Å². The number of rotatable bonds is 3. The molecule has 1 aliphatic rings. The number of carbonyl (C=O) groups is 1. The van der Waals surface area contributed by atoms with E-state index in [9.17, 15) is 4.79 Å². The molecule has 2 rings (SSSR count). The van der Waals surface area contributed by atoms with Crippen molar-refractivity contribution in [2.45, 2.75) is 18.8 Å². The topological polar surface area (TPSA) is 52.3 Å². The van der Waals surface area contributed by atoms with Gasteiger partial charge < -0.3 is 10.5 Å². The fourth-order valence-corrected chi connectivity index (χ4v) is 2.17. The molecule has 0 fully saturated rings. The Bertz CT molecular complexity index is 488. The third-order valence-electron chi connectivity index (χ3n) is 3.15. The number of esters is 1. The number of carbonyl (C=O) groups excluding carboxylic acids is 1. The number of benzene rings is 1. The van der Waals surface area contributed by atoms with E-state index in [2.05, 4.69) is 0 Å². The maximum atomic E-state index is 12.0. The molecule has 0 aliphatic heterocycles. The Balaban J connectivity index is 2.35. The molecule has 1 atom stereocenters. The fraction of sp³-hybridized carbons (Fsp3) is 0.267. The molecule has 18 heavy (non-hydrogen) atoms. The Morgan fingerprint density at radius 1 is 1.22 bits per heavy atom. The SMILES string of the molecule is COC(=O)C(C1=CC=C(N)CC1)c1ccccc1. The van der Waals surface area contributed by atoms with Gasteiger partial charge in [0.1, 0.15) is 5.92 Å². The molecule has 1 aliphatic carbocycles. The standard InChI is InChI=1S/C15H17NO2/c1-18-15(17)14(11-5-3-2-4-6-11)12-7-9-13(16)10-8-12/h2-7,9,14H,8,10,16H2,1H3. The molecule has 0 bridgehead atoms. The summed E-state index contributed by atoms with van der Waals surface area (Å²) in [7, 11) is 1.42. The Morgan fingerprint density at radius 3 is 2.50 bits per heavy atom. The summed E-state index contributed by atoms with van der Waals surface area (Å²) in [5, 5.41) is 0. The summed E-state index contributed by atoms with van der Waals surface area (Å²) < 4.78 is 4.92. The van der Waals surface area contributed by atoms with E-state index in [1.54, 1.807) is 0 Å². The minimum Gasteiger partial charge on any atom is -0.468 e. The Labute approximate surface area is 107 Å². The third kappa shape index (κ3) is 2.62. The van der Waals surface area contributed by atoms with Crippen LogP contribution in [0.25, 0.3) is 0 Å². The van der Waals surface area contributed by atoms with Crippen molar-refractivity contribution in [3.05, 3.63) is 59.3 Å². The van der Waals surface area contributed by atoms with Gasteiger partial charge in [0.15, 0.2) is 0 Å². The summed E-state index contributed by atoms with van der Waals surface area (Å²) in [5.41, 5.74) is 8.62. The van der Waals surface area contributed by atoms with Crippen molar-refractivity contribution in [1.29, 1.82) is 0 Å². The zero-order chi connectivity index (χ0) is 13.0. The smallest absolute Gasteiger partial charge is 0.317 e. The van der Waals surface area contributed by atoms with Crippen molar-refractivity contribution in [3.63, 3.8) is 0 Å². The molecule has 1 aromatic rings. The van der Waals surface area contributed by atoms with E-state index in [0.29, 0.717) is 0 Å². The highest BCUT2D eigenvalue weighted by atomic mass is 16.5. The molecule has 0 amide bonds. The molecule has 0 radical (unpaired) electrons. The van der Waals surface area contributed by atoms with E-state index in [-0.39, 0.29) is 11.9 Å². The first kappa shape index (κ1) is 12.4. The maximum absolute atomic E-state index is 12.0. The monoisotopic (exact) mass is 243 g/mol. The van der Waals surface area contributed by atoms with Crippen molar-refractivity contribution in [2.24, 2.45) is 5.73 Å². The van der Waals surface area contributed by atoms with Gasteiger partial charge in [-0.1, -0.05) is 42.0 Å². The van der Waals surface area contributed by atoms with Crippen LogP contribution in [0.3, 0.4) is 0 Å². The highest BCUT2D eigenvalue weighted by Crippen LogP contribution is 2.31. The fourth-order valence-electron chi connectivity index (χ4n) is 2.17. The predicted octanol–water partition coefficient (Wildman–Crippen LogP) is 2.51. The number of hydrogen-bond acceptors (Lipinski definition) is 3. The van der Waals surface area contributed by atoms with E-state index >= 15 is 0 Å². The average molecular weight is 243 g/mol. The second kappa shape index (κ2) is 5.54. The summed E-state index contributed by atoms with van der Waals surface area (Å²) >= 11 is 0. The Morgan fingerprint density at radius 2 is 1.94 bits per heavy atom. The lowest BCUT2D eigenvalue weighted by atomic mass is 9.86. The van der Waals surface area contributed by atoms with Gasteiger partial charge in [0.2, 0.25) is 0 Å². The summed E-state index contributed by atoms with van der Waals surface area (Å²) in [6.07, 6.45) is 5.41. The Kier molecular flexibility index (Phi) is 3.82. The molecule has 0 aromatic heterocycles. The molecule has 94 valence electrons. The van der Waals surface area contributed by atoms with E-state index in [1.807, 2.05) is 42.5 Å². The molecule has 3 nitrogen and oxygen atoms in total. The van der Waals surface area contributed by atoms with Crippen LogP contribution in [-0.2, 0) is 9.53 Å². The zero-order valence-electron chi connectivity index (χ0n) is 10.4. The summed E-state index contributed by atoms with van der Waals surface area (Å²) in [4.78, 5) is 12.0. The Hall–Kier alpha value is -2.03. The first-order valence-corrected chi connectivity index (χ1v) is 6.00. The van der Waals surface area contributed by atoms with Crippen molar-refractivity contribution in [3.8, 4) is 0 Å². The lowest BCUT2D eigenvalue weighted by molar-refractivity contribution is -0.141. The molecule has 0 saturated carbocycles. The lowest BCUT2D eigenvalue weighted by Gasteiger charge is -2.21. The van der Waals surface area contributed by atoms with E-state index in [0.717, 1.165) is 29.7 Å². The molecule has 0 heterocycles. The minimum atomic E-state index is -0.319. The van der Waals surface area contributed by atoms with Crippen LogP contribution in [0, 0.1) is 0 Å². The molecular formula is C15H17NO2. The number of allylic oxidation sites excluding steroid dienone is 3. The van der Waals surface area contributed by atoms with Crippen LogP contribution in [0.5, 0.6) is 0 Å². The number of methoxy groups -OCH3 is 1. The van der Waals surface area contributed by atoms with Gasteiger partial charge in [-0.05, 0) is 24.5 Å². The van der Waals surface area contributed by atoms with Crippen LogP contribution in [0.4, 0.5) is 0 Å². The molecule has 0 spiro atoms. The maximum Gasteiger partial charge on any atom is 0.317 e. The molecule has 0 saturated heterocycles. The van der Waals surface area contributed by atoms with E-state index in [1.165, 1.54) is 7.11 Å². The molecule has 3 heteroatoms. The highest BCUT2D eigenvalue weighted by molar-refractivity contribution is 5.82. The zero-order valence-corrected chi connectivity index (χ0v) is 10.4. The van der Waals surface area contributed by atoms with Gasteiger partial charge in [0, 0.05) is 5.70 Å². The van der Waals surface area contributed by atoms with Crippen LogP contribution in [0.15, 0.2) is 53.8 Å². The van der Waals surface area contributed by atoms with E-state index in [4.69, 9.17) is 10.5 Å². The van der Waals surface area contributed by atoms with Gasteiger partial charge in [0.05, 0.1) is 7.11 Å². The van der Waals surface area contributed by atoms with Crippen molar-refractivity contribution >= 4 is 5.97 Å². The molecule has 1 aromatic carbocycles. The summed E-state index contributed by atoms with van der Waals surface area (Å²) in [5.74, 6) is -0.540. The third-order valence-corrected chi connectivity index (χ3v) is 3.15. The van der Waals surface area contributed by atoms with Gasteiger partial charge in [-0.2, -0.15) is 0 Å². The van der Waals surface area contributed by atoms with Gasteiger partial charge in [0.25, 0.3) is 0 Å². The molecule has 2 N–H and O–H groups in total. The normalized spacial score (nSPS) is 16.5. The number of ether oxygens (including phenoxy) is 1. The lowest BCUT2D eigenvalue weighted by Crippen LogP contribution is -2.18. The van der Waals surface area contributed by atoms with Crippen LogP contribution < -0.4 is 5.73 Å². The highest BCUT2D eigenvalue weighted by Gasteiger charge is 2.26. The molecule has 1 unspecified atom stereocenters. The second-order valence-electron chi connectivity index (χ2n) is 4.35. The van der Waals surface area contributed by atoms with E-state index < -0.39 is 0 Å². The quantitative estimate of drug-likeness (QED) is 0.830. The van der Waals surface area contributed by atoms with Gasteiger partial charge in [-0.15, -0.1) is 0 Å².